The van der Waals surface area contributed by atoms with Crippen LogP contribution in [-0.2, 0) is 11.2 Å². The molecule has 0 aliphatic carbocycles. The summed E-state index contributed by atoms with van der Waals surface area (Å²) in [5, 5.41) is 8.95. The lowest BCUT2D eigenvalue weighted by Gasteiger charge is -2.31. The van der Waals surface area contributed by atoms with Gasteiger partial charge in [0, 0.05) is 25.2 Å². The van der Waals surface area contributed by atoms with Crippen molar-refractivity contribution in [2.75, 3.05) is 18.0 Å². The molecule has 0 bridgehead atoms. The molecular formula is C13H16N2O3. The van der Waals surface area contributed by atoms with Crippen molar-refractivity contribution in [3.63, 3.8) is 0 Å². The first-order chi connectivity index (χ1) is 8.58. The summed E-state index contributed by atoms with van der Waals surface area (Å²) in [7, 11) is 0. The van der Waals surface area contributed by atoms with E-state index < -0.39 is 5.97 Å². The number of aromatic carboxylic acids is 1. The van der Waals surface area contributed by atoms with Crippen LogP contribution in [0.4, 0.5) is 5.69 Å². The number of anilines is 1. The average Bonchev–Trinajstić information content (AvgIpc) is 2.35. The highest BCUT2D eigenvalue weighted by atomic mass is 16.4. The van der Waals surface area contributed by atoms with Crippen molar-refractivity contribution in [2.45, 2.75) is 19.3 Å². The molecule has 0 unspecified atom stereocenters. The van der Waals surface area contributed by atoms with Crippen LogP contribution in [0.25, 0.3) is 0 Å². The number of carboxylic acid groups (broad SMARTS) is 1. The smallest absolute Gasteiger partial charge is 0.335 e. The minimum Gasteiger partial charge on any atom is -0.478 e. The van der Waals surface area contributed by atoms with Crippen molar-refractivity contribution < 1.29 is 14.7 Å². The number of fused-ring (bicyclic) bond motifs is 1. The molecule has 0 radical (unpaired) electrons. The Balaban J connectivity index is 2.21. The Kier molecular flexibility index (Phi) is 3.50. The molecule has 1 aliphatic heterocycles. The first-order valence-electron chi connectivity index (χ1n) is 5.97. The van der Waals surface area contributed by atoms with Gasteiger partial charge in [-0.2, -0.15) is 0 Å². The van der Waals surface area contributed by atoms with Gasteiger partial charge >= 0.3 is 5.97 Å². The quantitative estimate of drug-likeness (QED) is 0.833. The van der Waals surface area contributed by atoms with E-state index in [1.807, 2.05) is 6.07 Å². The molecule has 0 saturated heterocycles. The van der Waals surface area contributed by atoms with Gasteiger partial charge in [0.1, 0.15) is 0 Å². The fraction of sp³-hybridized carbons (Fsp3) is 0.385. The van der Waals surface area contributed by atoms with Gasteiger partial charge in [-0.3, -0.25) is 4.79 Å². The molecule has 3 N–H and O–H groups in total. The fourth-order valence-corrected chi connectivity index (χ4v) is 2.29. The summed E-state index contributed by atoms with van der Waals surface area (Å²) < 4.78 is 0. The van der Waals surface area contributed by atoms with Gasteiger partial charge in [-0.05, 0) is 36.6 Å². The molecule has 96 valence electrons. The van der Waals surface area contributed by atoms with Crippen LogP contribution in [0, 0.1) is 0 Å². The normalized spacial score (nSPS) is 14.1. The fourth-order valence-electron chi connectivity index (χ4n) is 2.29. The van der Waals surface area contributed by atoms with Gasteiger partial charge in [0.2, 0.25) is 5.91 Å². The first kappa shape index (κ1) is 12.4. The number of primary amides is 1. The number of nitrogens with two attached hydrogens (primary N) is 1. The van der Waals surface area contributed by atoms with Crippen LogP contribution in [-0.4, -0.2) is 30.1 Å². The Morgan fingerprint density at radius 1 is 1.39 bits per heavy atom. The summed E-state index contributed by atoms with van der Waals surface area (Å²) in [6, 6.07) is 5.14. The molecular weight excluding hydrogens is 232 g/mol. The van der Waals surface area contributed by atoms with Crippen molar-refractivity contribution in [3.05, 3.63) is 29.3 Å². The van der Waals surface area contributed by atoms with Crippen LogP contribution < -0.4 is 10.6 Å². The molecule has 1 aromatic rings. The lowest BCUT2D eigenvalue weighted by Crippen LogP contribution is -2.32. The average molecular weight is 248 g/mol. The number of carbonyl (C=O) groups excluding carboxylic acids is 1. The lowest BCUT2D eigenvalue weighted by atomic mass is 9.99. The van der Waals surface area contributed by atoms with Gasteiger partial charge in [-0.15, -0.1) is 0 Å². The number of nitrogens with zero attached hydrogens (tertiary/aromatic N) is 1. The summed E-state index contributed by atoms with van der Waals surface area (Å²) >= 11 is 0. The van der Waals surface area contributed by atoms with Gasteiger partial charge in [0.15, 0.2) is 0 Å². The van der Waals surface area contributed by atoms with E-state index in [2.05, 4.69) is 4.90 Å². The van der Waals surface area contributed by atoms with Crippen molar-refractivity contribution in [2.24, 2.45) is 5.73 Å². The molecule has 0 saturated carbocycles. The molecule has 0 fully saturated rings. The predicted molar refractivity (Wildman–Crippen MR) is 67.7 cm³/mol. The standard InChI is InChI=1S/C13H16N2O3/c14-12(16)5-7-15-6-1-2-9-8-10(13(17)18)3-4-11(9)15/h3-4,8H,1-2,5-7H2,(H2,14,16)(H,17,18). The van der Waals surface area contributed by atoms with Crippen molar-refractivity contribution in [1.29, 1.82) is 0 Å². The van der Waals surface area contributed by atoms with Gasteiger partial charge in [-0.1, -0.05) is 0 Å². The number of carbonyl (C=O) groups is 2. The highest BCUT2D eigenvalue weighted by molar-refractivity contribution is 5.88. The highest BCUT2D eigenvalue weighted by Gasteiger charge is 2.18. The zero-order valence-corrected chi connectivity index (χ0v) is 10.1. The maximum atomic E-state index is 10.9. The van der Waals surface area contributed by atoms with E-state index in [-0.39, 0.29) is 5.91 Å². The molecule has 1 amide bonds. The van der Waals surface area contributed by atoms with Crippen molar-refractivity contribution in [1.82, 2.24) is 0 Å². The molecule has 1 heterocycles. The largest absolute Gasteiger partial charge is 0.478 e. The summed E-state index contributed by atoms with van der Waals surface area (Å²) in [6.45, 7) is 1.47. The van der Waals surface area contributed by atoms with Crippen LogP contribution in [0.3, 0.4) is 0 Å². The van der Waals surface area contributed by atoms with E-state index in [4.69, 9.17) is 10.8 Å². The molecule has 5 nitrogen and oxygen atoms in total. The number of amides is 1. The summed E-state index contributed by atoms with van der Waals surface area (Å²) in [6.07, 6.45) is 2.17. The van der Waals surface area contributed by atoms with Crippen LogP contribution >= 0.6 is 0 Å². The van der Waals surface area contributed by atoms with Gasteiger partial charge in [0.25, 0.3) is 0 Å². The van der Waals surface area contributed by atoms with Crippen molar-refractivity contribution in [3.8, 4) is 0 Å². The number of aryl methyl sites for hydroxylation is 1. The van der Waals surface area contributed by atoms with E-state index in [0.29, 0.717) is 18.5 Å². The number of carboxylic acids is 1. The third kappa shape index (κ3) is 2.61. The molecule has 2 rings (SSSR count). The molecule has 0 atom stereocenters. The lowest BCUT2D eigenvalue weighted by molar-refractivity contribution is -0.117. The Morgan fingerprint density at radius 3 is 2.83 bits per heavy atom. The highest BCUT2D eigenvalue weighted by Crippen LogP contribution is 2.28. The molecule has 1 aromatic carbocycles. The second-order valence-corrected chi connectivity index (χ2v) is 4.46. The maximum Gasteiger partial charge on any atom is 0.335 e. The first-order valence-corrected chi connectivity index (χ1v) is 5.97. The number of benzene rings is 1. The monoisotopic (exact) mass is 248 g/mol. The second-order valence-electron chi connectivity index (χ2n) is 4.46. The van der Waals surface area contributed by atoms with Gasteiger partial charge in [0.05, 0.1) is 5.56 Å². The van der Waals surface area contributed by atoms with Crippen molar-refractivity contribution >= 4 is 17.6 Å². The summed E-state index contributed by atoms with van der Waals surface area (Å²) in [4.78, 5) is 23.8. The van der Waals surface area contributed by atoms with Crippen LogP contribution in [0.5, 0.6) is 0 Å². The Labute approximate surface area is 105 Å². The summed E-state index contributed by atoms with van der Waals surface area (Å²) in [5.74, 6) is -1.23. The molecule has 1 aliphatic rings. The number of rotatable bonds is 4. The van der Waals surface area contributed by atoms with E-state index >= 15 is 0 Å². The zero-order chi connectivity index (χ0) is 13.1. The Bertz CT molecular complexity index is 485. The third-order valence-corrected chi connectivity index (χ3v) is 3.17. The molecule has 5 heteroatoms. The van der Waals surface area contributed by atoms with Crippen LogP contribution in [0.15, 0.2) is 18.2 Å². The van der Waals surface area contributed by atoms with Crippen LogP contribution in [0.1, 0.15) is 28.8 Å². The third-order valence-electron chi connectivity index (χ3n) is 3.17. The van der Waals surface area contributed by atoms with E-state index in [1.165, 1.54) is 0 Å². The maximum absolute atomic E-state index is 10.9. The summed E-state index contributed by atoms with van der Waals surface area (Å²) in [5.41, 5.74) is 7.51. The Morgan fingerprint density at radius 2 is 2.17 bits per heavy atom. The SMILES string of the molecule is NC(=O)CCN1CCCc2cc(C(=O)O)ccc21. The van der Waals surface area contributed by atoms with E-state index in [1.54, 1.807) is 12.1 Å². The van der Waals surface area contributed by atoms with Crippen LogP contribution in [0.2, 0.25) is 0 Å². The minimum absolute atomic E-state index is 0.311. The molecule has 18 heavy (non-hydrogen) atoms. The van der Waals surface area contributed by atoms with Gasteiger partial charge in [-0.25, -0.2) is 4.79 Å². The minimum atomic E-state index is -0.910. The Hall–Kier alpha value is -2.04. The predicted octanol–water partition coefficient (Wildman–Crippen LogP) is 1.01. The topological polar surface area (TPSA) is 83.6 Å². The number of hydrogen-bond donors (Lipinski definition) is 2. The molecule has 0 spiro atoms. The van der Waals surface area contributed by atoms with E-state index in [9.17, 15) is 9.59 Å². The number of hydrogen-bond acceptors (Lipinski definition) is 3. The second kappa shape index (κ2) is 5.08. The van der Waals surface area contributed by atoms with Gasteiger partial charge < -0.3 is 15.7 Å². The van der Waals surface area contributed by atoms with E-state index in [0.717, 1.165) is 30.6 Å². The molecule has 0 aromatic heterocycles. The zero-order valence-electron chi connectivity index (χ0n) is 10.1.